The maximum absolute atomic E-state index is 5.18. The molecule has 0 saturated heterocycles. The van der Waals surface area contributed by atoms with E-state index in [1.165, 1.54) is 5.17 Å². The van der Waals surface area contributed by atoms with Crippen LogP contribution in [0.15, 0.2) is 11.8 Å². The molecule has 1 aliphatic rings. The van der Waals surface area contributed by atoms with E-state index in [0.29, 0.717) is 6.54 Å². The Bertz CT molecular complexity index is 99.9. The van der Waals surface area contributed by atoms with E-state index in [4.69, 9.17) is 10.7 Å². The third-order valence-electron chi connectivity index (χ3n) is 0.820. The molecule has 2 N–H and O–H groups in total. The van der Waals surface area contributed by atoms with Crippen LogP contribution < -0.4 is 5.84 Å². The number of hydrogen-bond donors (Lipinski definition) is 1. The molecule has 0 amide bonds. The van der Waals surface area contributed by atoms with Crippen LogP contribution in [0.4, 0.5) is 0 Å². The van der Waals surface area contributed by atoms with Crippen molar-refractivity contribution in [1.29, 1.82) is 0 Å². The second-order valence-corrected chi connectivity index (χ2v) is 1.51. The van der Waals surface area contributed by atoms with Gasteiger partial charge in [-0.3, -0.25) is 0 Å². The zero-order valence-electron chi connectivity index (χ0n) is 4.22. The smallest absolute Gasteiger partial charge is 0.120 e. The van der Waals surface area contributed by atoms with Crippen LogP contribution in [-0.4, -0.2) is 11.7 Å². The standard InChI is InChI=1S/C4H8N2O/c1-4-2-3-6(5)7-4/h2H,3,5H2,1H3. The van der Waals surface area contributed by atoms with Crippen molar-refractivity contribution in [3.05, 3.63) is 11.8 Å². The van der Waals surface area contributed by atoms with Gasteiger partial charge in [-0.05, 0) is 13.0 Å². The summed E-state index contributed by atoms with van der Waals surface area (Å²) in [6, 6.07) is 0. The van der Waals surface area contributed by atoms with Gasteiger partial charge in [-0.2, -0.15) is 0 Å². The lowest BCUT2D eigenvalue weighted by atomic mass is 10.5. The molecule has 1 aliphatic heterocycles. The highest BCUT2D eigenvalue weighted by atomic mass is 16.7. The Morgan fingerprint density at radius 1 is 2.00 bits per heavy atom. The SMILES string of the molecule is CC1=CCN(N)O1. The lowest BCUT2D eigenvalue weighted by molar-refractivity contribution is -0.0921. The molecule has 0 bridgehead atoms. The molecule has 3 heteroatoms. The molecule has 0 aromatic heterocycles. The minimum atomic E-state index is 0.700. The lowest BCUT2D eigenvalue weighted by Crippen LogP contribution is -2.25. The maximum atomic E-state index is 5.18. The molecule has 0 saturated carbocycles. The molecular weight excluding hydrogens is 92.1 g/mol. The first-order valence-electron chi connectivity index (χ1n) is 2.16. The number of nitrogens with zero attached hydrogens (tertiary/aromatic N) is 1. The Hall–Kier alpha value is -0.540. The average Bonchev–Trinajstić information content (AvgIpc) is 1.87. The van der Waals surface area contributed by atoms with Gasteiger partial charge in [0.1, 0.15) is 5.76 Å². The van der Waals surface area contributed by atoms with Crippen LogP contribution in [0.2, 0.25) is 0 Å². The number of nitrogens with two attached hydrogens (primary N) is 1. The zero-order valence-corrected chi connectivity index (χ0v) is 4.22. The van der Waals surface area contributed by atoms with Gasteiger partial charge in [-0.15, -0.1) is 0 Å². The molecule has 40 valence electrons. The van der Waals surface area contributed by atoms with Crippen LogP contribution in [0.25, 0.3) is 0 Å². The molecule has 0 spiro atoms. The number of allylic oxidation sites excluding steroid dienone is 1. The van der Waals surface area contributed by atoms with Crippen molar-refractivity contribution in [2.24, 2.45) is 5.84 Å². The molecule has 0 aromatic carbocycles. The molecule has 0 unspecified atom stereocenters. The van der Waals surface area contributed by atoms with Gasteiger partial charge < -0.3 is 4.84 Å². The molecule has 0 atom stereocenters. The molecule has 0 aliphatic carbocycles. The number of hydrogen-bond acceptors (Lipinski definition) is 3. The van der Waals surface area contributed by atoms with E-state index in [0.717, 1.165) is 5.76 Å². The van der Waals surface area contributed by atoms with Crippen LogP contribution in [0.1, 0.15) is 6.92 Å². The zero-order chi connectivity index (χ0) is 5.28. The minimum Gasteiger partial charge on any atom is -0.396 e. The summed E-state index contributed by atoms with van der Waals surface area (Å²) in [5, 5.41) is 1.29. The summed E-state index contributed by atoms with van der Waals surface area (Å²) in [7, 11) is 0. The highest BCUT2D eigenvalue weighted by Gasteiger charge is 2.04. The Morgan fingerprint density at radius 3 is 2.86 bits per heavy atom. The first kappa shape index (κ1) is 4.61. The number of rotatable bonds is 0. The fourth-order valence-electron chi connectivity index (χ4n) is 0.478. The minimum absolute atomic E-state index is 0.700. The van der Waals surface area contributed by atoms with Gasteiger partial charge in [0, 0.05) is 0 Å². The van der Waals surface area contributed by atoms with E-state index in [-0.39, 0.29) is 0 Å². The molecule has 1 rings (SSSR count). The first-order chi connectivity index (χ1) is 3.29. The van der Waals surface area contributed by atoms with E-state index in [9.17, 15) is 0 Å². The molecule has 0 radical (unpaired) electrons. The topological polar surface area (TPSA) is 38.5 Å². The molecule has 7 heavy (non-hydrogen) atoms. The van der Waals surface area contributed by atoms with Crippen molar-refractivity contribution in [2.75, 3.05) is 6.54 Å². The van der Waals surface area contributed by atoms with Crippen LogP contribution in [0.3, 0.4) is 0 Å². The summed E-state index contributed by atoms with van der Waals surface area (Å²) in [6.45, 7) is 2.57. The van der Waals surface area contributed by atoms with Crippen LogP contribution in [-0.2, 0) is 4.84 Å². The molecule has 1 heterocycles. The van der Waals surface area contributed by atoms with E-state index in [1.807, 2.05) is 13.0 Å². The lowest BCUT2D eigenvalue weighted by Gasteiger charge is -2.05. The van der Waals surface area contributed by atoms with E-state index >= 15 is 0 Å². The monoisotopic (exact) mass is 100 g/mol. The second kappa shape index (κ2) is 1.52. The van der Waals surface area contributed by atoms with Gasteiger partial charge in [0.25, 0.3) is 0 Å². The van der Waals surface area contributed by atoms with Crippen LogP contribution in [0.5, 0.6) is 0 Å². The van der Waals surface area contributed by atoms with E-state index in [2.05, 4.69) is 0 Å². The second-order valence-electron chi connectivity index (χ2n) is 1.51. The van der Waals surface area contributed by atoms with Crippen molar-refractivity contribution in [2.45, 2.75) is 6.92 Å². The van der Waals surface area contributed by atoms with Crippen molar-refractivity contribution in [1.82, 2.24) is 5.17 Å². The van der Waals surface area contributed by atoms with E-state index in [1.54, 1.807) is 0 Å². The first-order valence-corrected chi connectivity index (χ1v) is 2.16. The highest BCUT2D eigenvalue weighted by Crippen LogP contribution is 2.03. The Kier molecular flexibility index (Phi) is 1.00. The van der Waals surface area contributed by atoms with Gasteiger partial charge in [0.15, 0.2) is 0 Å². The van der Waals surface area contributed by atoms with Crippen LogP contribution in [0, 0.1) is 0 Å². The maximum Gasteiger partial charge on any atom is 0.120 e. The van der Waals surface area contributed by atoms with Crippen LogP contribution >= 0.6 is 0 Å². The van der Waals surface area contributed by atoms with Crippen molar-refractivity contribution in [3.8, 4) is 0 Å². The summed E-state index contributed by atoms with van der Waals surface area (Å²) >= 11 is 0. The third-order valence-corrected chi connectivity index (χ3v) is 0.820. The Balaban J connectivity index is 2.42. The predicted octanol–water partition coefficient (Wildman–Crippen LogP) is 0.0111. The third kappa shape index (κ3) is 0.913. The Labute approximate surface area is 42.3 Å². The highest BCUT2D eigenvalue weighted by molar-refractivity contribution is 4.92. The Morgan fingerprint density at radius 2 is 2.71 bits per heavy atom. The summed E-state index contributed by atoms with van der Waals surface area (Å²) in [4.78, 5) is 4.83. The number of hydroxylamine groups is 1. The number of hydrazine groups is 1. The van der Waals surface area contributed by atoms with Gasteiger partial charge >= 0.3 is 0 Å². The fraction of sp³-hybridized carbons (Fsp3) is 0.500. The average molecular weight is 100 g/mol. The predicted molar refractivity (Wildman–Crippen MR) is 25.7 cm³/mol. The van der Waals surface area contributed by atoms with Gasteiger partial charge in [-0.25, -0.2) is 5.84 Å². The van der Waals surface area contributed by atoms with Gasteiger partial charge in [-0.1, -0.05) is 5.17 Å². The molecule has 0 fully saturated rings. The van der Waals surface area contributed by atoms with Gasteiger partial charge in [0.2, 0.25) is 0 Å². The normalized spacial score (nSPS) is 21.7. The molecule has 0 aromatic rings. The summed E-state index contributed by atoms with van der Waals surface area (Å²) in [6.07, 6.45) is 1.92. The summed E-state index contributed by atoms with van der Waals surface area (Å²) in [5.41, 5.74) is 0. The quantitative estimate of drug-likeness (QED) is 0.436. The summed E-state index contributed by atoms with van der Waals surface area (Å²) in [5.74, 6) is 6.06. The molecular formula is C4H8N2O. The molecule has 3 nitrogen and oxygen atoms in total. The van der Waals surface area contributed by atoms with E-state index < -0.39 is 0 Å². The summed E-state index contributed by atoms with van der Waals surface area (Å²) < 4.78 is 0. The fourth-order valence-corrected chi connectivity index (χ4v) is 0.478. The van der Waals surface area contributed by atoms with Gasteiger partial charge in [0.05, 0.1) is 6.54 Å². The largest absolute Gasteiger partial charge is 0.396 e. The van der Waals surface area contributed by atoms with Crippen molar-refractivity contribution >= 4 is 0 Å². The van der Waals surface area contributed by atoms with Crippen molar-refractivity contribution in [3.63, 3.8) is 0 Å². The van der Waals surface area contributed by atoms with Crippen molar-refractivity contribution < 1.29 is 4.84 Å².